The van der Waals surface area contributed by atoms with Crippen LogP contribution in [0, 0.1) is 13.8 Å². The van der Waals surface area contributed by atoms with Crippen molar-refractivity contribution in [2.75, 3.05) is 16.8 Å². The van der Waals surface area contributed by atoms with Gasteiger partial charge in [0, 0.05) is 11.8 Å². The number of pyridine rings is 1. The maximum Gasteiger partial charge on any atom is 0.259 e. The smallest absolute Gasteiger partial charge is 0.259 e. The lowest BCUT2D eigenvalue weighted by Gasteiger charge is -2.29. The van der Waals surface area contributed by atoms with E-state index in [9.17, 15) is 9.59 Å². The molecule has 0 atom stereocenters. The molecule has 0 spiro atoms. The molecule has 2 heterocycles. The molecule has 0 radical (unpaired) electrons. The number of carbonyl (C=O) groups excluding carboxylic acids is 2. The quantitative estimate of drug-likeness (QED) is 0.872. The molecule has 0 saturated carbocycles. The maximum atomic E-state index is 12.6. The monoisotopic (exact) mass is 281 g/mol. The summed E-state index contributed by atoms with van der Waals surface area (Å²) in [4.78, 5) is 30.2. The highest BCUT2D eigenvalue weighted by Gasteiger charge is 2.29. The summed E-state index contributed by atoms with van der Waals surface area (Å²) in [6.07, 6.45) is 1.64. The number of aromatic nitrogens is 1. The van der Waals surface area contributed by atoms with Gasteiger partial charge in [0.2, 0.25) is 5.91 Å². The lowest BCUT2D eigenvalue weighted by atomic mass is 10.1. The maximum absolute atomic E-state index is 12.6. The van der Waals surface area contributed by atoms with E-state index in [1.54, 1.807) is 24.4 Å². The van der Waals surface area contributed by atoms with Crippen LogP contribution in [0.3, 0.4) is 0 Å². The molecule has 1 aliphatic heterocycles. The van der Waals surface area contributed by atoms with Crippen molar-refractivity contribution in [2.24, 2.45) is 0 Å². The van der Waals surface area contributed by atoms with Crippen LogP contribution < -0.4 is 10.2 Å². The summed E-state index contributed by atoms with van der Waals surface area (Å²) in [5, 5.41) is 2.78. The highest BCUT2D eigenvalue weighted by Crippen LogP contribution is 2.30. The van der Waals surface area contributed by atoms with Crippen LogP contribution in [0.25, 0.3) is 0 Å². The Morgan fingerprint density at radius 2 is 1.90 bits per heavy atom. The summed E-state index contributed by atoms with van der Waals surface area (Å²) < 4.78 is 0. The third-order valence-corrected chi connectivity index (χ3v) is 3.50. The molecule has 0 unspecified atom stereocenters. The van der Waals surface area contributed by atoms with Gasteiger partial charge in [-0.1, -0.05) is 17.7 Å². The van der Waals surface area contributed by atoms with Crippen LogP contribution in [-0.2, 0) is 4.79 Å². The predicted molar refractivity (Wildman–Crippen MR) is 80.5 cm³/mol. The third-order valence-electron chi connectivity index (χ3n) is 3.50. The first-order valence-corrected chi connectivity index (χ1v) is 6.70. The predicted octanol–water partition coefficient (Wildman–Crippen LogP) is 2.30. The minimum absolute atomic E-state index is 0.0177. The van der Waals surface area contributed by atoms with Crippen molar-refractivity contribution in [2.45, 2.75) is 13.8 Å². The Morgan fingerprint density at radius 1 is 1.19 bits per heavy atom. The lowest BCUT2D eigenvalue weighted by Crippen LogP contribution is -2.43. The zero-order valence-corrected chi connectivity index (χ0v) is 11.9. The van der Waals surface area contributed by atoms with Crippen molar-refractivity contribution in [3.05, 3.63) is 53.2 Å². The minimum atomic E-state index is -0.218. The molecule has 0 bridgehead atoms. The molecule has 3 rings (SSSR count). The highest BCUT2D eigenvalue weighted by molar-refractivity contribution is 6.14. The minimum Gasteiger partial charge on any atom is -0.321 e. The number of fused-ring (bicyclic) bond motifs is 1. The molecule has 1 aromatic carbocycles. The molecule has 0 aliphatic carbocycles. The number of benzene rings is 1. The summed E-state index contributed by atoms with van der Waals surface area (Å²) in [6.45, 7) is 3.82. The van der Waals surface area contributed by atoms with E-state index in [1.807, 2.05) is 26.0 Å². The Labute approximate surface area is 122 Å². The molecule has 2 amide bonds. The first kappa shape index (κ1) is 13.3. The van der Waals surface area contributed by atoms with Crippen molar-refractivity contribution in [1.82, 2.24) is 4.98 Å². The molecule has 21 heavy (non-hydrogen) atoms. The van der Waals surface area contributed by atoms with Gasteiger partial charge in [-0.15, -0.1) is 0 Å². The molecular weight excluding hydrogens is 266 g/mol. The zero-order valence-electron chi connectivity index (χ0n) is 11.9. The standard InChI is InChI=1S/C16H15N3O2/c1-10-3-5-12(6-4-10)16(21)19-9-13(20)18-14-11(2)7-8-17-15(14)19/h3-8H,9H2,1-2H3,(H,18,20). The molecule has 106 valence electrons. The van der Waals surface area contributed by atoms with Gasteiger partial charge in [0.1, 0.15) is 6.54 Å². The summed E-state index contributed by atoms with van der Waals surface area (Å²) in [5.41, 5.74) is 3.12. The summed E-state index contributed by atoms with van der Waals surface area (Å²) in [6, 6.07) is 9.09. The summed E-state index contributed by atoms with van der Waals surface area (Å²) >= 11 is 0. The van der Waals surface area contributed by atoms with Crippen molar-refractivity contribution in [1.29, 1.82) is 0 Å². The van der Waals surface area contributed by atoms with Gasteiger partial charge in [0.15, 0.2) is 5.82 Å². The van der Waals surface area contributed by atoms with E-state index in [2.05, 4.69) is 10.3 Å². The Balaban J connectivity index is 2.03. The lowest BCUT2D eigenvalue weighted by molar-refractivity contribution is -0.115. The molecule has 1 aromatic heterocycles. The molecule has 0 fully saturated rings. The second-order valence-electron chi connectivity index (χ2n) is 5.13. The van der Waals surface area contributed by atoms with E-state index >= 15 is 0 Å². The van der Waals surface area contributed by atoms with Gasteiger partial charge in [-0.05, 0) is 37.6 Å². The van der Waals surface area contributed by atoms with Crippen LogP contribution in [0.15, 0.2) is 36.5 Å². The van der Waals surface area contributed by atoms with E-state index in [0.717, 1.165) is 11.1 Å². The zero-order chi connectivity index (χ0) is 15.0. The Morgan fingerprint density at radius 3 is 2.62 bits per heavy atom. The van der Waals surface area contributed by atoms with Crippen LogP contribution >= 0.6 is 0 Å². The van der Waals surface area contributed by atoms with E-state index in [-0.39, 0.29) is 18.4 Å². The first-order chi connectivity index (χ1) is 10.1. The topological polar surface area (TPSA) is 62.3 Å². The number of hydrogen-bond donors (Lipinski definition) is 1. The number of carbonyl (C=O) groups is 2. The largest absolute Gasteiger partial charge is 0.321 e. The molecule has 1 aliphatic rings. The number of nitrogens with zero attached hydrogens (tertiary/aromatic N) is 2. The SMILES string of the molecule is Cc1ccc(C(=O)N2CC(=O)Nc3c(C)ccnc32)cc1. The number of nitrogens with one attached hydrogen (secondary N) is 1. The number of amides is 2. The normalized spacial score (nSPS) is 13.6. The van der Waals surface area contributed by atoms with Crippen LogP contribution in [0.4, 0.5) is 11.5 Å². The molecule has 0 saturated heterocycles. The summed E-state index contributed by atoms with van der Waals surface area (Å²) in [5.74, 6) is 0.0726. The van der Waals surface area contributed by atoms with Crippen molar-refractivity contribution >= 4 is 23.3 Å². The summed E-state index contributed by atoms with van der Waals surface area (Å²) in [7, 11) is 0. The Kier molecular flexibility index (Phi) is 3.17. The molecule has 5 nitrogen and oxygen atoms in total. The van der Waals surface area contributed by atoms with E-state index in [1.165, 1.54) is 4.90 Å². The Bertz CT molecular complexity index is 723. The van der Waals surface area contributed by atoms with Gasteiger partial charge >= 0.3 is 0 Å². The van der Waals surface area contributed by atoms with Crippen molar-refractivity contribution in [3.63, 3.8) is 0 Å². The fraction of sp³-hybridized carbons (Fsp3) is 0.188. The van der Waals surface area contributed by atoms with Gasteiger partial charge in [0.05, 0.1) is 5.69 Å². The van der Waals surface area contributed by atoms with Gasteiger partial charge in [-0.3, -0.25) is 14.5 Å². The molecule has 5 heteroatoms. The third kappa shape index (κ3) is 2.38. The van der Waals surface area contributed by atoms with Gasteiger partial charge in [0.25, 0.3) is 5.91 Å². The highest BCUT2D eigenvalue weighted by atomic mass is 16.2. The van der Waals surface area contributed by atoms with Crippen molar-refractivity contribution < 1.29 is 9.59 Å². The Hall–Kier alpha value is -2.69. The molecular formula is C16H15N3O2. The van der Waals surface area contributed by atoms with Crippen LogP contribution in [0.2, 0.25) is 0 Å². The van der Waals surface area contributed by atoms with Crippen LogP contribution in [-0.4, -0.2) is 23.3 Å². The second-order valence-corrected chi connectivity index (χ2v) is 5.13. The molecule has 1 N–H and O–H groups in total. The number of aryl methyl sites for hydroxylation is 2. The van der Waals surface area contributed by atoms with E-state index < -0.39 is 0 Å². The second kappa shape index (κ2) is 5.01. The van der Waals surface area contributed by atoms with Gasteiger partial charge < -0.3 is 5.32 Å². The first-order valence-electron chi connectivity index (χ1n) is 6.70. The number of rotatable bonds is 1. The van der Waals surface area contributed by atoms with Gasteiger partial charge in [-0.2, -0.15) is 0 Å². The van der Waals surface area contributed by atoms with E-state index in [4.69, 9.17) is 0 Å². The van der Waals surface area contributed by atoms with Crippen LogP contribution in [0.5, 0.6) is 0 Å². The fourth-order valence-corrected chi connectivity index (χ4v) is 2.32. The number of hydrogen-bond acceptors (Lipinski definition) is 3. The average molecular weight is 281 g/mol. The average Bonchev–Trinajstić information content (AvgIpc) is 2.47. The number of anilines is 2. The van der Waals surface area contributed by atoms with E-state index in [0.29, 0.717) is 17.1 Å². The van der Waals surface area contributed by atoms with Gasteiger partial charge in [-0.25, -0.2) is 4.98 Å². The van der Waals surface area contributed by atoms with Crippen molar-refractivity contribution in [3.8, 4) is 0 Å². The molecule has 2 aromatic rings. The van der Waals surface area contributed by atoms with Crippen LogP contribution in [0.1, 0.15) is 21.5 Å². The fourth-order valence-electron chi connectivity index (χ4n) is 2.32.